The lowest BCUT2D eigenvalue weighted by atomic mass is 9.87. The maximum atomic E-state index is 9.55. The van der Waals surface area contributed by atoms with E-state index in [0.29, 0.717) is 11.8 Å². The molecule has 23 heavy (non-hydrogen) atoms. The number of methoxy groups -OCH3 is 1. The minimum absolute atomic E-state index is 0.0792. The van der Waals surface area contributed by atoms with Crippen molar-refractivity contribution in [2.75, 3.05) is 7.11 Å². The molecular formula is C16H19N5OS. The van der Waals surface area contributed by atoms with Crippen LogP contribution in [0.15, 0.2) is 29.8 Å². The van der Waals surface area contributed by atoms with Gasteiger partial charge in [-0.05, 0) is 24.8 Å². The zero-order valence-electron chi connectivity index (χ0n) is 13.1. The molecule has 3 rings (SSSR count). The zero-order chi connectivity index (χ0) is 16.1. The highest BCUT2D eigenvalue weighted by molar-refractivity contribution is 8.00. The summed E-state index contributed by atoms with van der Waals surface area (Å²) in [5, 5.41) is 18.4. The molecule has 2 aromatic rings. The van der Waals surface area contributed by atoms with Crippen molar-refractivity contribution in [3.05, 3.63) is 24.7 Å². The highest BCUT2D eigenvalue weighted by Crippen LogP contribution is 2.35. The number of hydrogen-bond acceptors (Lipinski definition) is 6. The Balaban J connectivity index is 1.78. The number of hydrogen-bond donors (Lipinski definition) is 0. The maximum Gasteiger partial charge on any atom is 0.213 e. The summed E-state index contributed by atoms with van der Waals surface area (Å²) in [6, 6.07) is 6.16. The van der Waals surface area contributed by atoms with Crippen LogP contribution < -0.4 is 4.74 Å². The molecule has 0 spiro atoms. The third kappa shape index (κ3) is 3.64. The number of nitrogens with zero attached hydrogens (tertiary/aromatic N) is 5. The molecule has 1 saturated carbocycles. The van der Waals surface area contributed by atoms with E-state index < -0.39 is 0 Å². The minimum atomic E-state index is -0.0792. The van der Waals surface area contributed by atoms with E-state index in [-0.39, 0.29) is 5.25 Å². The lowest BCUT2D eigenvalue weighted by Crippen LogP contribution is -2.19. The predicted octanol–water partition coefficient (Wildman–Crippen LogP) is 3.24. The van der Waals surface area contributed by atoms with E-state index in [4.69, 9.17) is 4.74 Å². The molecule has 120 valence electrons. The molecule has 0 N–H and O–H groups in total. The van der Waals surface area contributed by atoms with Gasteiger partial charge in [0, 0.05) is 6.07 Å². The van der Waals surface area contributed by atoms with Gasteiger partial charge in [0.05, 0.1) is 25.1 Å². The Kier molecular flexibility index (Phi) is 5.13. The smallest absolute Gasteiger partial charge is 0.213 e. The minimum Gasteiger partial charge on any atom is -0.481 e. The number of pyridine rings is 1. The maximum absolute atomic E-state index is 9.55. The van der Waals surface area contributed by atoms with Gasteiger partial charge in [0.2, 0.25) is 5.88 Å². The van der Waals surface area contributed by atoms with Crippen LogP contribution >= 0.6 is 11.8 Å². The van der Waals surface area contributed by atoms with Crippen molar-refractivity contribution in [1.29, 1.82) is 5.26 Å². The molecule has 2 heterocycles. The van der Waals surface area contributed by atoms with Crippen molar-refractivity contribution < 1.29 is 4.74 Å². The van der Waals surface area contributed by atoms with Gasteiger partial charge in [-0.1, -0.05) is 31.0 Å². The Morgan fingerprint density at radius 2 is 2.17 bits per heavy atom. The molecule has 0 amide bonds. The molecule has 1 aliphatic rings. The first-order valence-corrected chi connectivity index (χ1v) is 8.66. The summed E-state index contributed by atoms with van der Waals surface area (Å²) in [4.78, 5) is 4.21. The molecule has 0 aliphatic heterocycles. The van der Waals surface area contributed by atoms with Gasteiger partial charge < -0.3 is 4.74 Å². The molecule has 1 atom stereocenters. The molecule has 0 radical (unpaired) electrons. The summed E-state index contributed by atoms with van der Waals surface area (Å²) < 4.78 is 6.94. The number of rotatable bonds is 5. The van der Waals surface area contributed by atoms with Crippen LogP contribution in [0.4, 0.5) is 0 Å². The van der Waals surface area contributed by atoms with Crippen molar-refractivity contribution >= 4 is 11.8 Å². The van der Waals surface area contributed by atoms with E-state index in [1.54, 1.807) is 25.7 Å². The van der Waals surface area contributed by atoms with Gasteiger partial charge >= 0.3 is 0 Å². The summed E-state index contributed by atoms with van der Waals surface area (Å²) >= 11 is 1.50. The summed E-state index contributed by atoms with van der Waals surface area (Å²) in [7, 11) is 1.59. The molecular weight excluding hydrogens is 310 g/mol. The van der Waals surface area contributed by atoms with Crippen molar-refractivity contribution in [3.8, 4) is 17.6 Å². The van der Waals surface area contributed by atoms with Gasteiger partial charge in [0.1, 0.15) is 11.6 Å². The van der Waals surface area contributed by atoms with Crippen LogP contribution in [0.5, 0.6) is 5.88 Å². The molecule has 0 aromatic carbocycles. The van der Waals surface area contributed by atoms with Crippen LogP contribution in [0.2, 0.25) is 0 Å². The Bertz CT molecular complexity index is 673. The Labute approximate surface area is 139 Å². The standard InChI is InChI=1S/C16H19N5OS/c1-22-15-8-7-13(10-18-15)21-11-19-20-16(21)23-14(9-17)12-5-3-2-4-6-12/h7-8,10-12,14H,2-6H2,1H3/t14-/m0/s1. The van der Waals surface area contributed by atoms with E-state index in [1.807, 2.05) is 10.6 Å². The predicted molar refractivity (Wildman–Crippen MR) is 87.5 cm³/mol. The molecule has 1 aliphatic carbocycles. The molecule has 6 nitrogen and oxygen atoms in total. The van der Waals surface area contributed by atoms with Crippen molar-refractivity contribution in [2.45, 2.75) is 42.5 Å². The van der Waals surface area contributed by atoms with E-state index in [0.717, 1.165) is 23.7 Å². The molecule has 7 heteroatoms. The van der Waals surface area contributed by atoms with Gasteiger partial charge in [0.15, 0.2) is 5.16 Å². The second kappa shape index (κ2) is 7.47. The average Bonchev–Trinajstić information content (AvgIpc) is 3.08. The van der Waals surface area contributed by atoms with Crippen LogP contribution in [0.3, 0.4) is 0 Å². The second-order valence-corrected chi connectivity index (χ2v) is 6.72. The van der Waals surface area contributed by atoms with Crippen LogP contribution in [0.1, 0.15) is 32.1 Å². The number of nitriles is 1. The van der Waals surface area contributed by atoms with Crippen molar-refractivity contribution in [1.82, 2.24) is 19.7 Å². The molecule has 0 bridgehead atoms. The highest BCUT2D eigenvalue weighted by Gasteiger charge is 2.26. The second-order valence-electron chi connectivity index (χ2n) is 5.61. The number of aromatic nitrogens is 4. The third-order valence-electron chi connectivity index (χ3n) is 4.16. The van der Waals surface area contributed by atoms with E-state index >= 15 is 0 Å². The Hall–Kier alpha value is -2.07. The monoisotopic (exact) mass is 329 g/mol. The van der Waals surface area contributed by atoms with Gasteiger partial charge in [-0.2, -0.15) is 5.26 Å². The lowest BCUT2D eigenvalue weighted by molar-refractivity contribution is 0.370. The molecule has 0 saturated heterocycles. The largest absolute Gasteiger partial charge is 0.481 e. The number of ether oxygens (including phenoxy) is 1. The van der Waals surface area contributed by atoms with Crippen LogP contribution in [0.25, 0.3) is 5.69 Å². The summed E-state index contributed by atoms with van der Waals surface area (Å²) in [6.45, 7) is 0. The fourth-order valence-electron chi connectivity index (χ4n) is 2.90. The fourth-order valence-corrected chi connectivity index (χ4v) is 4.00. The van der Waals surface area contributed by atoms with Crippen LogP contribution in [0, 0.1) is 17.2 Å². The summed E-state index contributed by atoms with van der Waals surface area (Å²) in [6.07, 6.45) is 9.35. The lowest BCUT2D eigenvalue weighted by Gasteiger charge is -2.24. The van der Waals surface area contributed by atoms with Crippen LogP contribution in [-0.4, -0.2) is 32.1 Å². The van der Waals surface area contributed by atoms with E-state index in [1.165, 1.54) is 31.0 Å². The van der Waals surface area contributed by atoms with Crippen molar-refractivity contribution in [3.63, 3.8) is 0 Å². The Morgan fingerprint density at radius 1 is 1.35 bits per heavy atom. The fraction of sp³-hybridized carbons (Fsp3) is 0.500. The Morgan fingerprint density at radius 3 is 2.83 bits per heavy atom. The SMILES string of the molecule is COc1ccc(-n2cnnc2S[C@@H](C#N)C2CCCCC2)cn1. The van der Waals surface area contributed by atoms with Gasteiger partial charge in [-0.25, -0.2) is 4.98 Å². The zero-order valence-corrected chi connectivity index (χ0v) is 13.9. The molecule has 2 aromatic heterocycles. The van der Waals surface area contributed by atoms with E-state index in [2.05, 4.69) is 21.3 Å². The van der Waals surface area contributed by atoms with E-state index in [9.17, 15) is 5.26 Å². The molecule has 0 unspecified atom stereocenters. The first-order chi connectivity index (χ1) is 11.3. The van der Waals surface area contributed by atoms with Gasteiger partial charge in [0.25, 0.3) is 0 Å². The van der Waals surface area contributed by atoms with Gasteiger partial charge in [-0.3, -0.25) is 4.57 Å². The first-order valence-electron chi connectivity index (χ1n) is 7.78. The van der Waals surface area contributed by atoms with Crippen molar-refractivity contribution in [2.24, 2.45) is 5.92 Å². The van der Waals surface area contributed by atoms with Gasteiger partial charge in [-0.15, -0.1) is 10.2 Å². The highest BCUT2D eigenvalue weighted by atomic mass is 32.2. The quantitative estimate of drug-likeness (QED) is 0.784. The first kappa shape index (κ1) is 15.8. The molecule has 1 fully saturated rings. The summed E-state index contributed by atoms with van der Waals surface area (Å²) in [5.74, 6) is 1.01. The average molecular weight is 329 g/mol. The third-order valence-corrected chi connectivity index (χ3v) is 5.40. The summed E-state index contributed by atoms with van der Waals surface area (Å²) in [5.41, 5.74) is 0.860. The van der Waals surface area contributed by atoms with Crippen LogP contribution in [-0.2, 0) is 0 Å². The normalized spacial score (nSPS) is 16.7. The topological polar surface area (TPSA) is 76.6 Å². The number of thioether (sulfide) groups is 1.